The Balaban J connectivity index is 1.51. The fourth-order valence-electron chi connectivity index (χ4n) is 3.38. The summed E-state index contributed by atoms with van der Waals surface area (Å²) in [7, 11) is -3.62. The standard InChI is InChI=1S/C21H23Cl3N2O4S/c22-17-8-7-16(19(24)12-17)14-31(28,29)26-10-3-4-15(13-26)21(27)25-9-11-30-20-6-2-1-5-18(20)23/h1-2,5-8,12,15H,3-4,9-11,13-14H2,(H,25,27)/t15-/m0/s1. The number of ether oxygens (including phenoxy) is 1. The fraction of sp³-hybridized carbons (Fsp3) is 0.381. The van der Waals surface area contributed by atoms with Gasteiger partial charge in [0.1, 0.15) is 12.4 Å². The Hall–Kier alpha value is -1.51. The van der Waals surface area contributed by atoms with Gasteiger partial charge in [-0.25, -0.2) is 12.7 Å². The Labute approximate surface area is 197 Å². The molecule has 3 rings (SSSR count). The Morgan fingerprint density at radius 2 is 1.90 bits per heavy atom. The molecular formula is C21H23Cl3N2O4S. The molecule has 31 heavy (non-hydrogen) atoms. The molecule has 1 saturated heterocycles. The molecule has 10 heteroatoms. The number of hydrogen-bond donors (Lipinski definition) is 1. The topological polar surface area (TPSA) is 75.7 Å². The largest absolute Gasteiger partial charge is 0.490 e. The average molecular weight is 506 g/mol. The van der Waals surface area contributed by atoms with Crippen LogP contribution in [0.4, 0.5) is 0 Å². The van der Waals surface area contributed by atoms with Gasteiger partial charge in [0.2, 0.25) is 15.9 Å². The van der Waals surface area contributed by atoms with Gasteiger partial charge in [-0.2, -0.15) is 0 Å². The van der Waals surface area contributed by atoms with Crippen molar-refractivity contribution in [1.29, 1.82) is 0 Å². The van der Waals surface area contributed by atoms with Crippen LogP contribution in [0.5, 0.6) is 5.75 Å². The summed E-state index contributed by atoms with van der Waals surface area (Å²) in [5.41, 5.74) is 0.481. The molecule has 6 nitrogen and oxygen atoms in total. The van der Waals surface area contributed by atoms with Crippen molar-refractivity contribution in [3.8, 4) is 5.75 Å². The number of piperidine rings is 1. The smallest absolute Gasteiger partial charge is 0.224 e. The van der Waals surface area contributed by atoms with E-state index in [0.717, 1.165) is 0 Å². The van der Waals surface area contributed by atoms with Gasteiger partial charge in [0.25, 0.3) is 0 Å². The third kappa shape index (κ3) is 6.73. The summed E-state index contributed by atoms with van der Waals surface area (Å²) in [6.45, 7) is 1.09. The highest BCUT2D eigenvalue weighted by atomic mass is 35.5. The SMILES string of the molecule is O=C(NCCOc1ccccc1Cl)[C@H]1CCCN(S(=O)(=O)Cc2ccc(Cl)cc2Cl)C1. The van der Waals surface area contributed by atoms with E-state index in [2.05, 4.69) is 5.32 Å². The lowest BCUT2D eigenvalue weighted by Gasteiger charge is -2.31. The summed E-state index contributed by atoms with van der Waals surface area (Å²) in [5.74, 6) is -0.283. The Morgan fingerprint density at radius 1 is 1.13 bits per heavy atom. The number of para-hydroxylation sites is 1. The summed E-state index contributed by atoms with van der Waals surface area (Å²) in [5, 5.41) is 4.07. The van der Waals surface area contributed by atoms with Crippen LogP contribution in [0.1, 0.15) is 18.4 Å². The molecule has 0 radical (unpaired) electrons. The molecule has 1 heterocycles. The highest BCUT2D eigenvalue weighted by Crippen LogP contribution is 2.26. The van der Waals surface area contributed by atoms with Crippen molar-refractivity contribution >= 4 is 50.7 Å². The first kappa shape index (κ1) is 24.1. The number of nitrogens with one attached hydrogen (secondary N) is 1. The molecular weight excluding hydrogens is 483 g/mol. The minimum atomic E-state index is -3.62. The number of hydrogen-bond acceptors (Lipinski definition) is 4. The number of halogens is 3. The van der Waals surface area contributed by atoms with Gasteiger partial charge < -0.3 is 10.1 Å². The average Bonchev–Trinajstić information content (AvgIpc) is 2.74. The van der Waals surface area contributed by atoms with E-state index in [1.807, 2.05) is 6.07 Å². The Kier molecular flexibility index (Phi) is 8.47. The maximum absolute atomic E-state index is 12.9. The van der Waals surface area contributed by atoms with Crippen LogP contribution in [-0.4, -0.2) is 44.9 Å². The number of amides is 1. The second-order valence-corrected chi connectivity index (χ2v) is 10.5. The molecule has 0 unspecified atom stereocenters. The van der Waals surface area contributed by atoms with E-state index in [0.29, 0.717) is 52.3 Å². The summed E-state index contributed by atoms with van der Waals surface area (Å²) in [6, 6.07) is 11.8. The van der Waals surface area contributed by atoms with Gasteiger partial charge in [0.15, 0.2) is 0 Å². The fourth-order valence-corrected chi connectivity index (χ4v) is 5.76. The molecule has 0 aromatic heterocycles. The lowest BCUT2D eigenvalue weighted by atomic mass is 9.99. The number of carbonyl (C=O) groups excluding carboxylic acids is 1. The monoisotopic (exact) mass is 504 g/mol. The van der Waals surface area contributed by atoms with Crippen molar-refractivity contribution in [2.75, 3.05) is 26.2 Å². The molecule has 0 aliphatic carbocycles. The predicted octanol–water partition coefficient (Wildman–Crippen LogP) is 4.38. The van der Waals surface area contributed by atoms with Crippen LogP contribution in [0, 0.1) is 5.92 Å². The number of carbonyl (C=O) groups is 1. The van der Waals surface area contributed by atoms with Crippen LogP contribution >= 0.6 is 34.8 Å². The molecule has 1 fully saturated rings. The van der Waals surface area contributed by atoms with Gasteiger partial charge in [0, 0.05) is 23.1 Å². The van der Waals surface area contributed by atoms with Gasteiger partial charge in [-0.05, 0) is 42.7 Å². The van der Waals surface area contributed by atoms with Crippen LogP contribution in [0.3, 0.4) is 0 Å². The van der Waals surface area contributed by atoms with Crippen molar-refractivity contribution in [3.63, 3.8) is 0 Å². The van der Waals surface area contributed by atoms with Crippen LogP contribution in [0.15, 0.2) is 42.5 Å². The molecule has 1 aliphatic rings. The summed E-state index contributed by atoms with van der Waals surface area (Å²) < 4.78 is 32.7. The quantitative estimate of drug-likeness (QED) is 0.540. The molecule has 1 amide bonds. The van der Waals surface area contributed by atoms with Gasteiger partial charge in [-0.15, -0.1) is 0 Å². The van der Waals surface area contributed by atoms with Crippen molar-refractivity contribution in [2.24, 2.45) is 5.92 Å². The number of nitrogens with zero attached hydrogens (tertiary/aromatic N) is 1. The van der Waals surface area contributed by atoms with Crippen molar-refractivity contribution in [3.05, 3.63) is 63.1 Å². The zero-order chi connectivity index (χ0) is 22.4. The summed E-state index contributed by atoms with van der Waals surface area (Å²) in [6.07, 6.45) is 1.24. The lowest BCUT2D eigenvalue weighted by molar-refractivity contribution is -0.126. The molecule has 0 spiro atoms. The summed E-state index contributed by atoms with van der Waals surface area (Å²) >= 11 is 18.0. The van der Waals surface area contributed by atoms with E-state index >= 15 is 0 Å². The molecule has 168 valence electrons. The molecule has 1 N–H and O–H groups in total. The van der Waals surface area contributed by atoms with Crippen LogP contribution in [-0.2, 0) is 20.6 Å². The first-order valence-electron chi connectivity index (χ1n) is 9.83. The lowest BCUT2D eigenvalue weighted by Crippen LogP contribution is -2.46. The minimum absolute atomic E-state index is 0.144. The van der Waals surface area contributed by atoms with E-state index in [1.165, 1.54) is 10.4 Å². The Bertz CT molecular complexity index is 1030. The molecule has 1 aliphatic heterocycles. The molecule has 2 aromatic rings. The number of benzene rings is 2. The van der Waals surface area contributed by atoms with Crippen LogP contribution in [0.2, 0.25) is 15.1 Å². The van der Waals surface area contributed by atoms with E-state index in [4.69, 9.17) is 39.5 Å². The highest BCUT2D eigenvalue weighted by molar-refractivity contribution is 7.88. The van der Waals surface area contributed by atoms with Gasteiger partial charge in [0.05, 0.1) is 23.2 Å². The molecule has 0 saturated carbocycles. The second-order valence-electron chi connectivity index (χ2n) is 7.26. The van der Waals surface area contributed by atoms with E-state index in [1.54, 1.807) is 30.3 Å². The first-order chi connectivity index (χ1) is 14.8. The maximum Gasteiger partial charge on any atom is 0.224 e. The van der Waals surface area contributed by atoms with Gasteiger partial charge in [-0.1, -0.05) is 53.0 Å². The molecule has 2 aromatic carbocycles. The van der Waals surface area contributed by atoms with Crippen LogP contribution in [0.25, 0.3) is 0 Å². The number of sulfonamides is 1. The third-order valence-electron chi connectivity index (χ3n) is 5.00. The maximum atomic E-state index is 12.9. The highest BCUT2D eigenvalue weighted by Gasteiger charge is 2.32. The zero-order valence-electron chi connectivity index (χ0n) is 16.7. The van der Waals surface area contributed by atoms with Crippen LogP contribution < -0.4 is 10.1 Å². The molecule has 1 atom stereocenters. The van der Waals surface area contributed by atoms with Gasteiger partial charge in [-0.3, -0.25) is 4.79 Å². The van der Waals surface area contributed by atoms with E-state index in [-0.39, 0.29) is 24.8 Å². The van der Waals surface area contributed by atoms with E-state index < -0.39 is 15.9 Å². The van der Waals surface area contributed by atoms with Gasteiger partial charge >= 0.3 is 0 Å². The normalized spacial score (nSPS) is 17.3. The number of rotatable bonds is 8. The van der Waals surface area contributed by atoms with E-state index in [9.17, 15) is 13.2 Å². The van der Waals surface area contributed by atoms with Crippen molar-refractivity contribution < 1.29 is 17.9 Å². The predicted molar refractivity (Wildman–Crippen MR) is 123 cm³/mol. The Morgan fingerprint density at radius 3 is 2.65 bits per heavy atom. The van der Waals surface area contributed by atoms with Crippen molar-refractivity contribution in [2.45, 2.75) is 18.6 Å². The minimum Gasteiger partial charge on any atom is -0.490 e. The van der Waals surface area contributed by atoms with Crippen molar-refractivity contribution in [1.82, 2.24) is 9.62 Å². The zero-order valence-corrected chi connectivity index (χ0v) is 19.8. The second kappa shape index (κ2) is 10.9. The molecule has 0 bridgehead atoms. The third-order valence-corrected chi connectivity index (χ3v) is 7.69. The summed E-state index contributed by atoms with van der Waals surface area (Å²) in [4.78, 5) is 12.5. The first-order valence-corrected chi connectivity index (χ1v) is 12.6.